The molecule has 20 heavy (non-hydrogen) atoms. The average Bonchev–Trinajstić information content (AvgIpc) is 2.46. The molecule has 1 aromatic carbocycles. The van der Waals surface area contributed by atoms with Crippen molar-refractivity contribution >= 4 is 0 Å². The number of nitrogens with zero attached hydrogens (tertiary/aromatic N) is 1. The Morgan fingerprint density at radius 2 is 1.80 bits per heavy atom. The Kier molecular flexibility index (Phi) is 5.86. The van der Waals surface area contributed by atoms with Crippen molar-refractivity contribution in [1.29, 1.82) is 0 Å². The minimum Gasteiger partial charge on any atom is -0.494 e. The molecule has 0 aromatic heterocycles. The third kappa shape index (κ3) is 4.22. The molecule has 0 radical (unpaired) electrons. The summed E-state index contributed by atoms with van der Waals surface area (Å²) in [6, 6.07) is 9.69. The van der Waals surface area contributed by atoms with Crippen LogP contribution in [0.4, 0.5) is 0 Å². The highest BCUT2D eigenvalue weighted by atomic mass is 16.5. The first-order valence-corrected chi connectivity index (χ1v) is 7.94. The van der Waals surface area contributed by atoms with Gasteiger partial charge in [0.25, 0.3) is 0 Å². The Morgan fingerprint density at radius 1 is 1.15 bits per heavy atom. The quantitative estimate of drug-likeness (QED) is 0.856. The second-order valence-corrected chi connectivity index (χ2v) is 5.86. The molecule has 1 aliphatic heterocycles. The van der Waals surface area contributed by atoms with E-state index < -0.39 is 0 Å². The molecule has 0 saturated carbocycles. The first-order chi connectivity index (χ1) is 9.70. The Hall–Kier alpha value is -1.06. The van der Waals surface area contributed by atoms with Gasteiger partial charge in [0.15, 0.2) is 0 Å². The third-order valence-corrected chi connectivity index (χ3v) is 4.06. The molecular formula is C17H28N2O. The Bertz CT molecular complexity index is 380. The molecule has 3 heteroatoms. The lowest BCUT2D eigenvalue weighted by Gasteiger charge is -2.39. The van der Waals surface area contributed by atoms with Crippen LogP contribution in [-0.4, -0.2) is 23.7 Å². The molecule has 1 aliphatic rings. The van der Waals surface area contributed by atoms with Gasteiger partial charge in [-0.05, 0) is 50.8 Å². The topological polar surface area (TPSA) is 24.5 Å². The molecule has 2 atom stereocenters. The largest absolute Gasteiger partial charge is 0.494 e. The molecule has 1 saturated heterocycles. The van der Waals surface area contributed by atoms with Gasteiger partial charge in [-0.1, -0.05) is 25.5 Å². The zero-order valence-electron chi connectivity index (χ0n) is 13.1. The van der Waals surface area contributed by atoms with Crippen molar-refractivity contribution in [1.82, 2.24) is 10.4 Å². The van der Waals surface area contributed by atoms with Gasteiger partial charge in [0, 0.05) is 18.6 Å². The monoisotopic (exact) mass is 276 g/mol. The lowest BCUT2D eigenvalue weighted by Crippen LogP contribution is -2.51. The second-order valence-electron chi connectivity index (χ2n) is 5.86. The molecule has 0 aliphatic carbocycles. The van der Waals surface area contributed by atoms with Gasteiger partial charge in [-0.3, -0.25) is 5.43 Å². The predicted octanol–water partition coefficient (Wildman–Crippen LogP) is 3.74. The van der Waals surface area contributed by atoms with E-state index in [2.05, 4.69) is 55.5 Å². The Morgan fingerprint density at radius 3 is 2.40 bits per heavy atom. The van der Waals surface area contributed by atoms with Crippen molar-refractivity contribution in [2.45, 2.75) is 65.1 Å². The fraction of sp³-hybridized carbons (Fsp3) is 0.647. The number of nitrogens with one attached hydrogen (secondary N) is 1. The van der Waals surface area contributed by atoms with Crippen LogP contribution in [0.5, 0.6) is 5.75 Å². The van der Waals surface area contributed by atoms with Gasteiger partial charge in [0.05, 0.1) is 6.61 Å². The zero-order chi connectivity index (χ0) is 14.4. The Labute approximate surface area is 123 Å². The van der Waals surface area contributed by atoms with E-state index in [1.165, 1.54) is 24.8 Å². The lowest BCUT2D eigenvalue weighted by atomic mass is 10.00. The summed E-state index contributed by atoms with van der Waals surface area (Å²) in [7, 11) is 0. The first kappa shape index (κ1) is 15.3. The molecule has 2 unspecified atom stereocenters. The van der Waals surface area contributed by atoms with Gasteiger partial charge in [0.1, 0.15) is 5.75 Å². The van der Waals surface area contributed by atoms with Crippen molar-refractivity contribution in [3.8, 4) is 5.75 Å². The van der Waals surface area contributed by atoms with E-state index in [1.54, 1.807) is 0 Å². The average molecular weight is 276 g/mol. The summed E-state index contributed by atoms with van der Waals surface area (Å²) in [4.78, 5) is 0. The van der Waals surface area contributed by atoms with Gasteiger partial charge in [-0.15, -0.1) is 0 Å². The predicted molar refractivity (Wildman–Crippen MR) is 83.7 cm³/mol. The summed E-state index contributed by atoms with van der Waals surface area (Å²) >= 11 is 0. The highest BCUT2D eigenvalue weighted by molar-refractivity contribution is 5.27. The van der Waals surface area contributed by atoms with Crippen LogP contribution in [0, 0.1) is 0 Å². The van der Waals surface area contributed by atoms with Gasteiger partial charge < -0.3 is 4.74 Å². The van der Waals surface area contributed by atoms with E-state index in [0.29, 0.717) is 12.1 Å². The van der Waals surface area contributed by atoms with Crippen LogP contribution in [0.1, 0.15) is 52.0 Å². The summed E-state index contributed by atoms with van der Waals surface area (Å²) in [6.45, 7) is 8.43. The molecule has 2 rings (SSSR count). The summed E-state index contributed by atoms with van der Waals surface area (Å²) in [5.41, 5.74) is 4.90. The summed E-state index contributed by atoms with van der Waals surface area (Å²) < 4.78 is 5.61. The first-order valence-electron chi connectivity index (χ1n) is 7.94. The van der Waals surface area contributed by atoms with Crippen molar-refractivity contribution in [2.24, 2.45) is 0 Å². The van der Waals surface area contributed by atoms with Crippen LogP contribution in [0.2, 0.25) is 0 Å². The van der Waals surface area contributed by atoms with Crippen LogP contribution in [0.15, 0.2) is 24.3 Å². The molecule has 0 bridgehead atoms. The molecule has 1 N–H and O–H groups in total. The molecule has 3 nitrogen and oxygen atoms in total. The second kappa shape index (κ2) is 7.65. The summed E-state index contributed by atoms with van der Waals surface area (Å²) in [5, 5.41) is 2.42. The normalized spacial score (nSPS) is 23.8. The van der Waals surface area contributed by atoms with Crippen molar-refractivity contribution < 1.29 is 4.74 Å². The lowest BCUT2D eigenvalue weighted by molar-refractivity contribution is 0.0435. The minimum atomic E-state index is 0.630. The van der Waals surface area contributed by atoms with Crippen LogP contribution in [-0.2, 0) is 6.54 Å². The van der Waals surface area contributed by atoms with E-state index in [1.807, 2.05) is 0 Å². The van der Waals surface area contributed by atoms with Crippen molar-refractivity contribution in [2.75, 3.05) is 6.61 Å². The number of benzene rings is 1. The summed E-state index contributed by atoms with van der Waals surface area (Å²) in [6.07, 6.45) is 4.99. The minimum absolute atomic E-state index is 0.630. The van der Waals surface area contributed by atoms with E-state index in [0.717, 1.165) is 25.3 Å². The molecule has 1 fully saturated rings. The van der Waals surface area contributed by atoms with E-state index >= 15 is 0 Å². The number of rotatable bonds is 6. The standard InChI is InChI=1S/C17H28N2O/c1-4-12-20-17-10-8-16(9-11-17)13-18-19-14(2)6-5-7-15(19)3/h8-11,14-15,18H,4-7,12-13H2,1-3H3. The van der Waals surface area contributed by atoms with Crippen LogP contribution in [0.25, 0.3) is 0 Å². The van der Waals surface area contributed by atoms with Gasteiger partial charge in [0.2, 0.25) is 0 Å². The van der Waals surface area contributed by atoms with E-state index in [-0.39, 0.29) is 0 Å². The smallest absolute Gasteiger partial charge is 0.119 e. The SMILES string of the molecule is CCCOc1ccc(CNN2C(C)CCCC2C)cc1. The number of ether oxygens (including phenoxy) is 1. The van der Waals surface area contributed by atoms with Gasteiger partial charge in [-0.25, -0.2) is 5.01 Å². The fourth-order valence-corrected chi connectivity index (χ4v) is 2.84. The maximum Gasteiger partial charge on any atom is 0.119 e. The number of hydrogen-bond donors (Lipinski definition) is 1. The molecule has 1 heterocycles. The maximum atomic E-state index is 5.61. The molecule has 1 aromatic rings. The third-order valence-electron chi connectivity index (χ3n) is 4.06. The summed E-state index contributed by atoms with van der Waals surface area (Å²) in [5.74, 6) is 0.968. The van der Waals surface area contributed by atoms with E-state index in [4.69, 9.17) is 4.74 Å². The van der Waals surface area contributed by atoms with Crippen LogP contribution < -0.4 is 10.2 Å². The van der Waals surface area contributed by atoms with Crippen molar-refractivity contribution in [3.63, 3.8) is 0 Å². The van der Waals surface area contributed by atoms with Gasteiger partial charge in [-0.2, -0.15) is 0 Å². The maximum absolute atomic E-state index is 5.61. The molecular weight excluding hydrogens is 248 g/mol. The number of piperidine rings is 1. The van der Waals surface area contributed by atoms with Crippen LogP contribution in [0.3, 0.4) is 0 Å². The highest BCUT2D eigenvalue weighted by Crippen LogP contribution is 2.20. The Balaban J connectivity index is 1.83. The fourth-order valence-electron chi connectivity index (χ4n) is 2.84. The number of hydrazine groups is 1. The molecule has 112 valence electrons. The molecule has 0 amide bonds. The molecule has 0 spiro atoms. The zero-order valence-corrected chi connectivity index (χ0v) is 13.1. The van der Waals surface area contributed by atoms with Crippen LogP contribution >= 0.6 is 0 Å². The van der Waals surface area contributed by atoms with E-state index in [9.17, 15) is 0 Å². The van der Waals surface area contributed by atoms with Gasteiger partial charge >= 0.3 is 0 Å². The number of hydrogen-bond acceptors (Lipinski definition) is 3. The highest BCUT2D eigenvalue weighted by Gasteiger charge is 2.23. The van der Waals surface area contributed by atoms with Crippen molar-refractivity contribution in [3.05, 3.63) is 29.8 Å².